The molecule has 2 aliphatic carbocycles. The van der Waals surface area contributed by atoms with Crippen LogP contribution in [0.5, 0.6) is 0 Å². The molecule has 1 amide bonds. The molecule has 2 atom stereocenters. The van der Waals surface area contributed by atoms with Crippen molar-refractivity contribution < 1.29 is 19.1 Å². The summed E-state index contributed by atoms with van der Waals surface area (Å²) in [5, 5.41) is 2.48. The van der Waals surface area contributed by atoms with Gasteiger partial charge in [0, 0.05) is 6.42 Å². The van der Waals surface area contributed by atoms with Crippen molar-refractivity contribution in [2.75, 3.05) is 6.54 Å². The Morgan fingerprint density at radius 1 is 1.30 bits per heavy atom. The largest absolute Gasteiger partial charge is 0.458 e. The van der Waals surface area contributed by atoms with Gasteiger partial charge < -0.3 is 14.8 Å². The monoisotopic (exact) mass is 321 g/mol. The van der Waals surface area contributed by atoms with E-state index in [1.54, 1.807) is 0 Å². The molecule has 2 aliphatic rings. The van der Waals surface area contributed by atoms with E-state index in [-0.39, 0.29) is 18.2 Å². The molecule has 0 aromatic carbocycles. The van der Waals surface area contributed by atoms with E-state index in [2.05, 4.69) is 11.2 Å². The number of carbonyl (C=O) groups excluding carboxylic acids is 2. The summed E-state index contributed by atoms with van der Waals surface area (Å²) in [5.74, 6) is 2.63. The number of carbonyl (C=O) groups is 2. The summed E-state index contributed by atoms with van der Waals surface area (Å²) in [6, 6.07) is 0. The molecule has 0 radical (unpaired) electrons. The van der Waals surface area contributed by atoms with Crippen molar-refractivity contribution in [1.29, 1.82) is 0 Å². The summed E-state index contributed by atoms with van der Waals surface area (Å²) in [4.78, 5) is 23.5. The first-order valence-electron chi connectivity index (χ1n) is 8.62. The summed E-state index contributed by atoms with van der Waals surface area (Å²) in [5.41, 5.74) is -0.375. The summed E-state index contributed by atoms with van der Waals surface area (Å²) >= 11 is 0. The van der Waals surface area contributed by atoms with Gasteiger partial charge in [0.25, 0.3) is 0 Å². The van der Waals surface area contributed by atoms with Crippen LogP contribution in [0.25, 0.3) is 0 Å². The third kappa shape index (κ3) is 6.13. The van der Waals surface area contributed by atoms with E-state index < -0.39 is 12.1 Å². The molecule has 0 saturated heterocycles. The topological polar surface area (TPSA) is 64.6 Å². The Bertz CT molecular complexity index is 462. The lowest BCUT2D eigenvalue weighted by molar-refractivity contribution is -0.159. The van der Waals surface area contributed by atoms with Crippen molar-refractivity contribution in [2.24, 2.45) is 5.92 Å². The molecule has 0 heterocycles. The van der Waals surface area contributed by atoms with E-state index in [4.69, 9.17) is 15.9 Å². The Kier molecular flexibility index (Phi) is 6.32. The highest BCUT2D eigenvalue weighted by molar-refractivity contribution is 5.78. The molecule has 0 bridgehead atoms. The minimum absolute atomic E-state index is 0.0281. The second kappa shape index (κ2) is 8.24. The lowest BCUT2D eigenvalue weighted by Crippen LogP contribution is -2.39. The standard InChI is InChI=1S/C18H27NO4/c1-3-4-6-9-14-12-15(14)22-17(21)19-13-16(20)23-18(2)10-7-5-8-11-18/h1,14-15H,4-13H2,2H3,(H,19,21)/t14-,15-/m1/s1. The van der Waals surface area contributed by atoms with E-state index in [0.717, 1.165) is 51.4 Å². The van der Waals surface area contributed by atoms with Crippen LogP contribution >= 0.6 is 0 Å². The van der Waals surface area contributed by atoms with Gasteiger partial charge in [0.2, 0.25) is 0 Å². The highest BCUT2D eigenvalue weighted by Gasteiger charge is 2.40. The smallest absolute Gasteiger partial charge is 0.407 e. The molecule has 2 fully saturated rings. The van der Waals surface area contributed by atoms with Gasteiger partial charge in [0.1, 0.15) is 18.2 Å². The molecule has 5 nitrogen and oxygen atoms in total. The van der Waals surface area contributed by atoms with Gasteiger partial charge >= 0.3 is 12.1 Å². The summed E-state index contributed by atoms with van der Waals surface area (Å²) in [6.07, 6.45) is 13.4. The van der Waals surface area contributed by atoms with Crippen LogP contribution in [0, 0.1) is 18.3 Å². The molecular weight excluding hydrogens is 294 g/mol. The van der Waals surface area contributed by atoms with Crippen molar-refractivity contribution in [3.63, 3.8) is 0 Å². The van der Waals surface area contributed by atoms with E-state index in [1.807, 2.05) is 6.92 Å². The average Bonchev–Trinajstić information content (AvgIpc) is 3.24. The maximum Gasteiger partial charge on any atom is 0.407 e. The van der Waals surface area contributed by atoms with Crippen LogP contribution in [-0.4, -0.2) is 30.3 Å². The van der Waals surface area contributed by atoms with Crippen molar-refractivity contribution in [1.82, 2.24) is 5.32 Å². The van der Waals surface area contributed by atoms with E-state index >= 15 is 0 Å². The highest BCUT2D eigenvalue weighted by Crippen LogP contribution is 2.38. The minimum atomic E-state index is -0.541. The number of hydrogen-bond acceptors (Lipinski definition) is 4. The number of ether oxygens (including phenoxy) is 2. The number of nitrogens with one attached hydrogen (secondary N) is 1. The Hall–Kier alpha value is -1.70. The van der Waals surface area contributed by atoms with Gasteiger partial charge in [-0.3, -0.25) is 4.79 Å². The Balaban J connectivity index is 1.58. The molecule has 2 rings (SSSR count). The average molecular weight is 321 g/mol. The van der Waals surface area contributed by atoms with Crippen molar-refractivity contribution in [2.45, 2.75) is 76.4 Å². The molecule has 2 saturated carbocycles. The Morgan fingerprint density at radius 2 is 2.04 bits per heavy atom. The molecule has 23 heavy (non-hydrogen) atoms. The van der Waals surface area contributed by atoms with Gasteiger partial charge in [-0.05, 0) is 57.8 Å². The molecule has 0 unspecified atom stereocenters. The molecule has 0 aromatic rings. The van der Waals surface area contributed by atoms with Crippen LogP contribution in [0.3, 0.4) is 0 Å². The zero-order valence-electron chi connectivity index (χ0n) is 13.9. The van der Waals surface area contributed by atoms with Crippen LogP contribution in [0.4, 0.5) is 4.79 Å². The van der Waals surface area contributed by atoms with Gasteiger partial charge in [-0.15, -0.1) is 12.3 Å². The maximum absolute atomic E-state index is 11.8. The molecular formula is C18H27NO4. The summed E-state index contributed by atoms with van der Waals surface area (Å²) in [6.45, 7) is 1.83. The van der Waals surface area contributed by atoms with Crippen LogP contribution in [0.2, 0.25) is 0 Å². The quantitative estimate of drug-likeness (QED) is 0.444. The first-order chi connectivity index (χ1) is 11.0. The lowest BCUT2D eigenvalue weighted by atomic mass is 9.86. The Labute approximate surface area is 138 Å². The number of hydrogen-bond donors (Lipinski definition) is 1. The SMILES string of the molecule is C#CCCC[C@@H]1C[C@H]1OC(=O)NCC(=O)OC1(C)CCCCC1. The van der Waals surface area contributed by atoms with E-state index in [0.29, 0.717) is 5.92 Å². The molecule has 0 aliphatic heterocycles. The van der Waals surface area contributed by atoms with Gasteiger partial charge in [0.15, 0.2) is 0 Å². The van der Waals surface area contributed by atoms with Gasteiger partial charge in [-0.25, -0.2) is 4.79 Å². The molecule has 1 N–H and O–H groups in total. The van der Waals surface area contributed by atoms with E-state index in [9.17, 15) is 9.59 Å². The number of terminal acetylenes is 1. The van der Waals surface area contributed by atoms with E-state index in [1.165, 1.54) is 6.42 Å². The zero-order chi connectivity index (χ0) is 16.7. The number of alkyl carbamates (subject to hydrolysis) is 1. The second-order valence-corrected chi connectivity index (χ2v) is 6.87. The van der Waals surface area contributed by atoms with Crippen molar-refractivity contribution >= 4 is 12.1 Å². The zero-order valence-corrected chi connectivity index (χ0v) is 13.9. The van der Waals surface area contributed by atoms with Gasteiger partial charge in [0.05, 0.1) is 0 Å². The minimum Gasteiger partial charge on any atom is -0.458 e. The number of rotatable bonds is 7. The molecule has 0 spiro atoms. The molecule has 128 valence electrons. The fraction of sp³-hybridized carbons (Fsp3) is 0.778. The molecule has 5 heteroatoms. The number of unbranched alkanes of at least 4 members (excludes halogenated alkanes) is 1. The third-order valence-corrected chi connectivity index (χ3v) is 4.66. The normalized spacial score (nSPS) is 25.0. The number of amides is 1. The first-order valence-corrected chi connectivity index (χ1v) is 8.62. The lowest BCUT2D eigenvalue weighted by Gasteiger charge is -2.33. The highest BCUT2D eigenvalue weighted by atomic mass is 16.6. The van der Waals surface area contributed by atoms with Crippen molar-refractivity contribution in [3.8, 4) is 12.3 Å². The first kappa shape index (κ1) is 17.7. The maximum atomic E-state index is 11.8. The van der Waals surface area contributed by atoms with Gasteiger partial charge in [-0.1, -0.05) is 6.42 Å². The van der Waals surface area contributed by atoms with Crippen LogP contribution in [-0.2, 0) is 14.3 Å². The molecule has 0 aromatic heterocycles. The van der Waals surface area contributed by atoms with Crippen LogP contribution in [0.1, 0.15) is 64.7 Å². The predicted octanol–water partition coefficient (Wildman–Crippen LogP) is 3.17. The van der Waals surface area contributed by atoms with Gasteiger partial charge in [-0.2, -0.15) is 0 Å². The van der Waals surface area contributed by atoms with Crippen LogP contribution < -0.4 is 5.32 Å². The summed E-state index contributed by atoms with van der Waals surface area (Å²) in [7, 11) is 0. The van der Waals surface area contributed by atoms with Crippen LogP contribution in [0.15, 0.2) is 0 Å². The predicted molar refractivity (Wildman–Crippen MR) is 86.6 cm³/mol. The third-order valence-electron chi connectivity index (χ3n) is 4.66. The fourth-order valence-corrected chi connectivity index (χ4v) is 3.17. The fourth-order valence-electron chi connectivity index (χ4n) is 3.17. The number of esters is 1. The second-order valence-electron chi connectivity index (χ2n) is 6.87. The van der Waals surface area contributed by atoms with Crippen molar-refractivity contribution in [3.05, 3.63) is 0 Å². The Morgan fingerprint density at radius 3 is 2.74 bits per heavy atom. The summed E-state index contributed by atoms with van der Waals surface area (Å²) < 4.78 is 10.8.